The lowest BCUT2D eigenvalue weighted by Gasteiger charge is -2.23. The van der Waals surface area contributed by atoms with Crippen molar-refractivity contribution >= 4 is 11.9 Å². The minimum Gasteiger partial charge on any atom is -0.467 e. The predicted molar refractivity (Wildman–Crippen MR) is 62.3 cm³/mol. The van der Waals surface area contributed by atoms with E-state index in [1.54, 1.807) is 6.92 Å². The van der Waals surface area contributed by atoms with Crippen molar-refractivity contribution < 1.29 is 14.3 Å². The maximum absolute atomic E-state index is 12.0. The highest BCUT2D eigenvalue weighted by Gasteiger charge is 2.57. The van der Waals surface area contributed by atoms with Crippen molar-refractivity contribution in [1.29, 1.82) is 0 Å². The van der Waals surface area contributed by atoms with Crippen LogP contribution < -0.4 is 10.6 Å². The molecule has 17 heavy (non-hydrogen) atoms. The first-order valence-electron chi connectivity index (χ1n) is 6.18. The maximum Gasteiger partial charge on any atom is 0.328 e. The first-order chi connectivity index (χ1) is 8.09. The van der Waals surface area contributed by atoms with Gasteiger partial charge in [-0.15, -0.1) is 0 Å². The molecule has 0 radical (unpaired) electrons. The molecule has 0 aromatic carbocycles. The van der Waals surface area contributed by atoms with E-state index in [2.05, 4.69) is 15.4 Å². The largest absolute Gasteiger partial charge is 0.467 e. The number of hydrogen-bond donors (Lipinski definition) is 2. The van der Waals surface area contributed by atoms with Gasteiger partial charge in [0.25, 0.3) is 0 Å². The lowest BCUT2D eigenvalue weighted by atomic mass is 9.91. The molecule has 2 atom stereocenters. The quantitative estimate of drug-likeness (QED) is 0.684. The van der Waals surface area contributed by atoms with Crippen molar-refractivity contribution in [3.05, 3.63) is 0 Å². The predicted octanol–water partition coefficient (Wildman–Crippen LogP) is 0.0538. The van der Waals surface area contributed by atoms with Crippen LogP contribution in [0.1, 0.15) is 26.2 Å². The molecule has 5 nitrogen and oxygen atoms in total. The van der Waals surface area contributed by atoms with Crippen LogP contribution in [0.25, 0.3) is 0 Å². The van der Waals surface area contributed by atoms with Gasteiger partial charge in [0, 0.05) is 5.92 Å². The van der Waals surface area contributed by atoms with Crippen LogP contribution in [-0.4, -0.2) is 38.1 Å². The highest BCUT2D eigenvalue weighted by molar-refractivity contribution is 5.87. The first kappa shape index (κ1) is 12.4. The zero-order valence-electron chi connectivity index (χ0n) is 10.4. The van der Waals surface area contributed by atoms with Crippen LogP contribution in [0.2, 0.25) is 0 Å². The number of esters is 1. The molecule has 2 fully saturated rings. The van der Waals surface area contributed by atoms with E-state index in [0.29, 0.717) is 0 Å². The molecule has 2 N–H and O–H groups in total. The molecule has 1 heterocycles. The summed E-state index contributed by atoms with van der Waals surface area (Å²) >= 11 is 0. The van der Waals surface area contributed by atoms with Crippen molar-refractivity contribution in [1.82, 2.24) is 10.6 Å². The summed E-state index contributed by atoms with van der Waals surface area (Å²) in [5.74, 6) is -0.292. The zero-order valence-corrected chi connectivity index (χ0v) is 10.4. The summed E-state index contributed by atoms with van der Waals surface area (Å²) in [6.45, 7) is 3.65. The average molecular weight is 240 g/mol. The Kier molecular flexibility index (Phi) is 3.38. The van der Waals surface area contributed by atoms with Crippen molar-refractivity contribution in [3.8, 4) is 0 Å². The van der Waals surface area contributed by atoms with E-state index >= 15 is 0 Å². The average Bonchev–Trinajstić information content (AvgIpc) is 3.02. The second-order valence-electron chi connectivity index (χ2n) is 5.12. The third-order valence-electron chi connectivity index (χ3n) is 4.02. The van der Waals surface area contributed by atoms with E-state index in [0.717, 1.165) is 32.4 Å². The number of hydrogen-bond acceptors (Lipinski definition) is 4. The van der Waals surface area contributed by atoms with Crippen molar-refractivity contribution in [2.24, 2.45) is 11.3 Å². The third-order valence-corrected chi connectivity index (χ3v) is 4.02. The molecule has 0 bridgehead atoms. The fourth-order valence-electron chi connectivity index (χ4n) is 2.75. The Morgan fingerprint density at radius 1 is 1.41 bits per heavy atom. The summed E-state index contributed by atoms with van der Waals surface area (Å²) in [5.41, 5.74) is 0.213. The normalized spacial score (nSPS) is 27.3. The van der Waals surface area contributed by atoms with Crippen molar-refractivity contribution in [3.63, 3.8) is 0 Å². The van der Waals surface area contributed by atoms with E-state index in [-0.39, 0.29) is 17.2 Å². The topological polar surface area (TPSA) is 67.4 Å². The smallest absolute Gasteiger partial charge is 0.328 e. The van der Waals surface area contributed by atoms with Gasteiger partial charge in [-0.25, -0.2) is 4.79 Å². The molecule has 1 amide bonds. The van der Waals surface area contributed by atoms with Crippen LogP contribution >= 0.6 is 0 Å². The maximum atomic E-state index is 12.0. The molecule has 5 heteroatoms. The summed E-state index contributed by atoms with van der Waals surface area (Å²) in [5, 5.41) is 6.03. The molecular formula is C12H20N2O3. The van der Waals surface area contributed by atoms with Crippen LogP contribution in [0.4, 0.5) is 0 Å². The lowest BCUT2D eigenvalue weighted by molar-refractivity contribution is -0.144. The summed E-state index contributed by atoms with van der Waals surface area (Å²) < 4.78 is 4.59. The highest BCUT2D eigenvalue weighted by atomic mass is 16.5. The standard InChI is InChI=1S/C12H20N2O3/c1-8(11(16)17-2)14-10(15)9-7-12(9)3-5-13-6-4-12/h8-9,13H,3-7H2,1-2H3,(H,14,15)/t8-,9?/m1/s1. The molecule has 1 unspecified atom stereocenters. The minimum atomic E-state index is -0.549. The number of methoxy groups -OCH3 is 1. The molecule has 0 aromatic rings. The molecular weight excluding hydrogens is 220 g/mol. The second-order valence-corrected chi connectivity index (χ2v) is 5.12. The molecule has 1 spiro atoms. The van der Waals surface area contributed by atoms with E-state index in [1.807, 2.05) is 0 Å². The van der Waals surface area contributed by atoms with Crippen LogP contribution in [-0.2, 0) is 14.3 Å². The number of rotatable bonds is 3. The fourth-order valence-corrected chi connectivity index (χ4v) is 2.75. The molecule has 96 valence electrons. The van der Waals surface area contributed by atoms with Crippen molar-refractivity contribution in [2.75, 3.05) is 20.2 Å². The van der Waals surface area contributed by atoms with Gasteiger partial charge in [0.2, 0.25) is 5.91 Å². The van der Waals surface area contributed by atoms with E-state index < -0.39 is 12.0 Å². The monoisotopic (exact) mass is 240 g/mol. The Morgan fingerprint density at radius 2 is 2.06 bits per heavy atom. The van der Waals surface area contributed by atoms with Gasteiger partial charge in [0.05, 0.1) is 7.11 Å². The Morgan fingerprint density at radius 3 is 2.65 bits per heavy atom. The summed E-state index contributed by atoms with van der Waals surface area (Å²) in [6, 6.07) is -0.549. The molecule has 2 rings (SSSR count). The Balaban J connectivity index is 1.84. The number of carbonyl (C=O) groups excluding carboxylic acids is 2. The molecule has 2 aliphatic rings. The van der Waals surface area contributed by atoms with Gasteiger partial charge in [0.15, 0.2) is 0 Å². The van der Waals surface area contributed by atoms with E-state index in [1.165, 1.54) is 7.11 Å². The van der Waals surface area contributed by atoms with Gasteiger partial charge in [-0.2, -0.15) is 0 Å². The Hall–Kier alpha value is -1.10. The summed E-state index contributed by atoms with van der Waals surface area (Å²) in [6.07, 6.45) is 3.10. The van der Waals surface area contributed by atoms with Gasteiger partial charge < -0.3 is 15.4 Å². The summed E-state index contributed by atoms with van der Waals surface area (Å²) in [7, 11) is 1.33. The highest BCUT2D eigenvalue weighted by Crippen LogP contribution is 2.58. The molecule has 1 saturated heterocycles. The van der Waals surface area contributed by atoms with Crippen molar-refractivity contribution in [2.45, 2.75) is 32.2 Å². The van der Waals surface area contributed by atoms with E-state index in [4.69, 9.17) is 0 Å². The Labute approximate surface area is 101 Å². The van der Waals surface area contributed by atoms with Gasteiger partial charge in [-0.3, -0.25) is 4.79 Å². The van der Waals surface area contributed by atoms with Crippen LogP contribution in [0.3, 0.4) is 0 Å². The number of nitrogens with one attached hydrogen (secondary N) is 2. The number of piperidine rings is 1. The van der Waals surface area contributed by atoms with E-state index in [9.17, 15) is 9.59 Å². The van der Waals surface area contributed by atoms with Crippen LogP contribution in [0.15, 0.2) is 0 Å². The minimum absolute atomic E-state index is 0.00444. The number of ether oxygens (including phenoxy) is 1. The summed E-state index contributed by atoms with van der Waals surface area (Å²) in [4.78, 5) is 23.2. The number of carbonyl (C=O) groups is 2. The Bertz CT molecular complexity index is 324. The SMILES string of the molecule is COC(=O)[C@@H](C)NC(=O)C1CC12CCNCC2. The van der Waals surface area contributed by atoms with Gasteiger partial charge in [-0.1, -0.05) is 0 Å². The third kappa shape index (κ3) is 2.44. The molecule has 1 aliphatic carbocycles. The van der Waals surface area contributed by atoms with Gasteiger partial charge in [-0.05, 0) is 44.7 Å². The van der Waals surface area contributed by atoms with Gasteiger partial charge in [0.1, 0.15) is 6.04 Å². The molecule has 1 aliphatic heterocycles. The zero-order chi connectivity index (χ0) is 12.5. The van der Waals surface area contributed by atoms with Crippen LogP contribution in [0, 0.1) is 11.3 Å². The lowest BCUT2D eigenvalue weighted by Crippen LogP contribution is -2.41. The molecule has 1 saturated carbocycles. The number of amides is 1. The first-order valence-corrected chi connectivity index (χ1v) is 6.18. The van der Waals surface area contributed by atoms with Crippen LogP contribution in [0.5, 0.6) is 0 Å². The second kappa shape index (κ2) is 4.64. The molecule has 0 aromatic heterocycles. The fraction of sp³-hybridized carbons (Fsp3) is 0.833. The van der Waals surface area contributed by atoms with Gasteiger partial charge >= 0.3 is 5.97 Å².